The SMILES string of the molecule is C[SH](C)c1ccccc1P(=O)(c1ccccc1)c1ccccc1. The molecule has 0 saturated carbocycles. The molecule has 0 aromatic heterocycles. The van der Waals surface area contributed by atoms with Crippen molar-refractivity contribution in [3.8, 4) is 0 Å². The maximum absolute atomic E-state index is 14.4. The molecule has 0 amide bonds. The lowest BCUT2D eigenvalue weighted by atomic mass is 10.3. The van der Waals surface area contributed by atoms with Crippen LogP contribution in [-0.4, -0.2) is 12.5 Å². The highest BCUT2D eigenvalue weighted by Gasteiger charge is 2.31. The van der Waals surface area contributed by atoms with Crippen molar-refractivity contribution in [2.24, 2.45) is 0 Å². The molecular formula is C20H21OPS. The van der Waals surface area contributed by atoms with Crippen LogP contribution in [0.2, 0.25) is 0 Å². The molecule has 0 N–H and O–H groups in total. The van der Waals surface area contributed by atoms with Gasteiger partial charge in [0.25, 0.3) is 0 Å². The number of benzene rings is 3. The predicted molar refractivity (Wildman–Crippen MR) is 105 cm³/mol. The summed E-state index contributed by atoms with van der Waals surface area (Å²) < 4.78 is 14.4. The molecule has 23 heavy (non-hydrogen) atoms. The second kappa shape index (κ2) is 6.78. The third-order valence-electron chi connectivity index (χ3n) is 3.94. The third kappa shape index (κ3) is 3.02. The van der Waals surface area contributed by atoms with E-state index in [0.717, 1.165) is 15.9 Å². The van der Waals surface area contributed by atoms with E-state index >= 15 is 0 Å². The number of hydrogen-bond donors (Lipinski definition) is 1. The van der Waals surface area contributed by atoms with Crippen molar-refractivity contribution in [1.82, 2.24) is 0 Å². The van der Waals surface area contributed by atoms with Crippen molar-refractivity contribution in [2.75, 3.05) is 12.5 Å². The molecule has 0 aliphatic carbocycles. The molecule has 0 aliphatic heterocycles. The Balaban J connectivity index is 2.33. The summed E-state index contributed by atoms with van der Waals surface area (Å²) in [5.41, 5.74) is 0. The molecule has 3 heteroatoms. The topological polar surface area (TPSA) is 17.1 Å². The van der Waals surface area contributed by atoms with Gasteiger partial charge in [0.1, 0.15) is 0 Å². The van der Waals surface area contributed by atoms with E-state index in [1.165, 1.54) is 4.90 Å². The molecule has 0 bridgehead atoms. The van der Waals surface area contributed by atoms with Crippen LogP contribution in [0.25, 0.3) is 0 Å². The van der Waals surface area contributed by atoms with Crippen LogP contribution < -0.4 is 15.9 Å². The van der Waals surface area contributed by atoms with Gasteiger partial charge in [0.2, 0.25) is 0 Å². The molecule has 0 saturated heterocycles. The second-order valence-corrected chi connectivity index (χ2v) is 10.7. The minimum Gasteiger partial charge on any atom is -0.309 e. The molecule has 0 fully saturated rings. The van der Waals surface area contributed by atoms with Crippen LogP contribution in [0, 0.1) is 0 Å². The first-order valence-corrected chi connectivity index (χ1v) is 11.6. The average molecular weight is 340 g/mol. The summed E-state index contributed by atoms with van der Waals surface area (Å²) in [6, 6.07) is 27.9. The van der Waals surface area contributed by atoms with E-state index in [9.17, 15) is 4.57 Å². The van der Waals surface area contributed by atoms with Crippen LogP contribution in [0.4, 0.5) is 0 Å². The summed E-state index contributed by atoms with van der Waals surface area (Å²) in [5.74, 6) is 0. The molecule has 1 nitrogen and oxygen atoms in total. The van der Waals surface area contributed by atoms with Crippen LogP contribution in [0.3, 0.4) is 0 Å². The molecular weight excluding hydrogens is 319 g/mol. The fourth-order valence-corrected chi connectivity index (χ4v) is 7.48. The van der Waals surface area contributed by atoms with E-state index < -0.39 is 7.14 Å². The average Bonchev–Trinajstić information content (AvgIpc) is 2.62. The van der Waals surface area contributed by atoms with Crippen LogP contribution >= 0.6 is 18.0 Å². The first-order chi connectivity index (χ1) is 11.1. The van der Waals surface area contributed by atoms with Crippen molar-refractivity contribution in [2.45, 2.75) is 4.90 Å². The van der Waals surface area contributed by atoms with Gasteiger partial charge < -0.3 is 4.57 Å². The first-order valence-electron chi connectivity index (χ1n) is 7.62. The molecule has 0 spiro atoms. The highest BCUT2D eigenvalue weighted by atomic mass is 32.2. The molecule has 0 atom stereocenters. The number of hydrogen-bond acceptors (Lipinski definition) is 1. The van der Waals surface area contributed by atoms with Gasteiger partial charge in [-0.05, 0) is 29.5 Å². The Hall–Kier alpha value is -1.76. The molecule has 3 rings (SSSR count). The fraction of sp³-hybridized carbons (Fsp3) is 0.100. The van der Waals surface area contributed by atoms with Gasteiger partial charge in [-0.3, -0.25) is 0 Å². The fourth-order valence-electron chi connectivity index (χ4n) is 2.81. The second-order valence-electron chi connectivity index (χ2n) is 5.66. The van der Waals surface area contributed by atoms with Gasteiger partial charge in [0.15, 0.2) is 7.14 Å². The predicted octanol–water partition coefficient (Wildman–Crippen LogP) is 3.95. The number of thiol groups is 1. The smallest absolute Gasteiger partial charge is 0.172 e. The summed E-state index contributed by atoms with van der Waals surface area (Å²) in [6.45, 7) is 0. The maximum atomic E-state index is 14.4. The third-order valence-corrected chi connectivity index (χ3v) is 8.59. The van der Waals surface area contributed by atoms with E-state index in [1.807, 2.05) is 78.9 Å². The summed E-state index contributed by atoms with van der Waals surface area (Å²) in [7, 11) is -3.19. The Morgan fingerprint density at radius 3 is 1.57 bits per heavy atom. The Kier molecular flexibility index (Phi) is 4.75. The largest absolute Gasteiger partial charge is 0.309 e. The van der Waals surface area contributed by atoms with Crippen molar-refractivity contribution in [3.05, 3.63) is 84.9 Å². The van der Waals surface area contributed by atoms with E-state index in [4.69, 9.17) is 0 Å². The Morgan fingerprint density at radius 2 is 1.09 bits per heavy atom. The molecule has 3 aromatic carbocycles. The minimum atomic E-state index is -2.85. The summed E-state index contributed by atoms with van der Waals surface area (Å²) in [4.78, 5) is 1.22. The monoisotopic (exact) mass is 340 g/mol. The zero-order chi connectivity index (χ0) is 16.3. The highest BCUT2D eigenvalue weighted by molar-refractivity contribution is 8.16. The zero-order valence-electron chi connectivity index (χ0n) is 13.4. The van der Waals surface area contributed by atoms with Crippen LogP contribution in [-0.2, 0) is 4.57 Å². The van der Waals surface area contributed by atoms with Gasteiger partial charge in [-0.1, -0.05) is 72.8 Å². The molecule has 0 radical (unpaired) electrons. The lowest BCUT2D eigenvalue weighted by Crippen LogP contribution is -2.26. The molecule has 0 aliphatic rings. The van der Waals surface area contributed by atoms with Gasteiger partial charge >= 0.3 is 0 Å². The molecule has 0 heterocycles. The van der Waals surface area contributed by atoms with Gasteiger partial charge in [-0.25, -0.2) is 10.9 Å². The van der Waals surface area contributed by atoms with E-state index in [0.29, 0.717) is 0 Å². The van der Waals surface area contributed by atoms with Gasteiger partial charge in [0.05, 0.1) is 0 Å². The normalized spacial score (nSPS) is 12.0. The van der Waals surface area contributed by atoms with Gasteiger partial charge in [-0.15, -0.1) is 0 Å². The summed E-state index contributed by atoms with van der Waals surface area (Å²) in [5, 5.41) is 2.78. The Morgan fingerprint density at radius 1 is 0.652 bits per heavy atom. The lowest BCUT2D eigenvalue weighted by molar-refractivity contribution is 0.592. The summed E-state index contributed by atoms with van der Waals surface area (Å²) in [6.07, 6.45) is 4.43. The van der Waals surface area contributed by atoms with Crippen molar-refractivity contribution in [3.63, 3.8) is 0 Å². The molecule has 118 valence electrons. The van der Waals surface area contributed by atoms with E-state index in [2.05, 4.69) is 18.6 Å². The maximum Gasteiger partial charge on any atom is 0.172 e. The lowest BCUT2D eigenvalue weighted by Gasteiger charge is -2.25. The van der Waals surface area contributed by atoms with Crippen molar-refractivity contribution in [1.29, 1.82) is 0 Å². The highest BCUT2D eigenvalue weighted by Crippen LogP contribution is 2.46. The quantitative estimate of drug-likeness (QED) is 0.562. The summed E-state index contributed by atoms with van der Waals surface area (Å²) >= 11 is 0. The Bertz CT molecular complexity index is 785. The first kappa shape index (κ1) is 16.1. The van der Waals surface area contributed by atoms with Gasteiger partial charge in [0, 0.05) is 15.9 Å². The van der Waals surface area contributed by atoms with Crippen molar-refractivity contribution >= 4 is 34.0 Å². The molecule has 0 unspecified atom stereocenters. The van der Waals surface area contributed by atoms with E-state index in [-0.39, 0.29) is 10.9 Å². The van der Waals surface area contributed by atoms with Crippen LogP contribution in [0.15, 0.2) is 89.8 Å². The van der Waals surface area contributed by atoms with Crippen LogP contribution in [0.5, 0.6) is 0 Å². The van der Waals surface area contributed by atoms with Gasteiger partial charge in [-0.2, -0.15) is 0 Å². The minimum absolute atomic E-state index is 0.334. The number of rotatable bonds is 4. The van der Waals surface area contributed by atoms with Crippen LogP contribution in [0.1, 0.15) is 0 Å². The van der Waals surface area contributed by atoms with Crippen molar-refractivity contribution < 1.29 is 4.57 Å². The molecule has 3 aromatic rings. The standard InChI is InChI=1S/C20H21OPS/c1-23(2)20-16-10-9-15-19(20)22(21,17-11-5-3-6-12-17)18-13-7-4-8-14-18/h3-16,23H,1-2H3. The zero-order valence-corrected chi connectivity index (χ0v) is 15.2. The van der Waals surface area contributed by atoms with E-state index in [1.54, 1.807) is 0 Å². The Labute approximate surface area is 141 Å².